The predicted molar refractivity (Wildman–Crippen MR) is 56.9 cm³/mol. The molecule has 1 rings (SSSR count). The number of methoxy groups -OCH3 is 1. The molecule has 0 spiro atoms. The third-order valence-corrected chi connectivity index (χ3v) is 2.09. The van der Waals surface area contributed by atoms with Crippen LogP contribution in [0.15, 0.2) is 10.6 Å². The summed E-state index contributed by atoms with van der Waals surface area (Å²) >= 11 is 0. The van der Waals surface area contributed by atoms with Crippen molar-refractivity contribution in [2.45, 2.75) is 25.8 Å². The van der Waals surface area contributed by atoms with Gasteiger partial charge in [0.05, 0.1) is 13.2 Å². The lowest BCUT2D eigenvalue weighted by molar-refractivity contribution is -0.137. The molecule has 0 radical (unpaired) electrons. The molecule has 1 amide bonds. The van der Waals surface area contributed by atoms with E-state index >= 15 is 0 Å². The van der Waals surface area contributed by atoms with E-state index in [0.717, 1.165) is 0 Å². The van der Waals surface area contributed by atoms with Gasteiger partial charge in [-0.05, 0) is 18.5 Å². The topological polar surface area (TPSA) is 102 Å². The van der Waals surface area contributed by atoms with Crippen LogP contribution in [0.25, 0.3) is 0 Å². The first-order valence-electron chi connectivity index (χ1n) is 5.06. The molecule has 0 aliphatic heterocycles. The van der Waals surface area contributed by atoms with Crippen molar-refractivity contribution >= 4 is 11.9 Å². The summed E-state index contributed by atoms with van der Waals surface area (Å²) in [5.41, 5.74) is 0. The Kier molecular flexibility index (Phi) is 4.50. The number of aliphatic carboxylic acids is 1. The Hall–Kier alpha value is -2.05. The summed E-state index contributed by atoms with van der Waals surface area (Å²) < 4.78 is 9.51. The van der Waals surface area contributed by atoms with Crippen molar-refractivity contribution in [3.63, 3.8) is 0 Å². The molecule has 1 heterocycles. The molecule has 1 atom stereocenters. The van der Waals surface area contributed by atoms with E-state index < -0.39 is 11.9 Å². The van der Waals surface area contributed by atoms with Gasteiger partial charge in [0, 0.05) is 12.5 Å². The van der Waals surface area contributed by atoms with Crippen LogP contribution in [0.3, 0.4) is 0 Å². The Bertz CT molecular complexity index is 401. The smallest absolute Gasteiger partial charge is 0.303 e. The maximum absolute atomic E-state index is 11.6. The predicted octanol–water partition coefficient (Wildman–Crippen LogP) is 0.666. The Morgan fingerprint density at radius 3 is 2.88 bits per heavy atom. The lowest BCUT2D eigenvalue weighted by atomic mass is 10.2. The molecule has 7 nitrogen and oxygen atoms in total. The number of carboxylic acids is 1. The van der Waals surface area contributed by atoms with Crippen molar-refractivity contribution in [3.05, 3.63) is 11.8 Å². The highest BCUT2D eigenvalue weighted by atomic mass is 16.5. The Morgan fingerprint density at radius 1 is 1.65 bits per heavy atom. The minimum Gasteiger partial charge on any atom is -0.481 e. The zero-order valence-electron chi connectivity index (χ0n) is 9.60. The number of rotatable bonds is 6. The number of carbonyl (C=O) groups is 2. The highest BCUT2D eigenvalue weighted by Crippen LogP contribution is 2.10. The average Bonchev–Trinajstić information content (AvgIpc) is 2.74. The van der Waals surface area contributed by atoms with Crippen LogP contribution in [-0.4, -0.2) is 35.3 Å². The number of nitrogens with one attached hydrogen (secondary N) is 1. The van der Waals surface area contributed by atoms with E-state index in [-0.39, 0.29) is 24.1 Å². The van der Waals surface area contributed by atoms with Gasteiger partial charge in [-0.15, -0.1) is 0 Å². The fourth-order valence-electron chi connectivity index (χ4n) is 1.17. The number of hydrogen-bond acceptors (Lipinski definition) is 5. The molecule has 1 aromatic heterocycles. The SMILES string of the molecule is COc1cc(C(=O)NC(C)CCC(=O)O)on1. The molecule has 0 aliphatic carbocycles. The van der Waals surface area contributed by atoms with Gasteiger partial charge in [0.15, 0.2) is 0 Å². The van der Waals surface area contributed by atoms with Crippen LogP contribution in [0.5, 0.6) is 5.88 Å². The number of nitrogens with zero attached hydrogens (tertiary/aromatic N) is 1. The monoisotopic (exact) mass is 242 g/mol. The molecular weight excluding hydrogens is 228 g/mol. The van der Waals surface area contributed by atoms with Crippen molar-refractivity contribution in [1.82, 2.24) is 10.5 Å². The van der Waals surface area contributed by atoms with Crippen molar-refractivity contribution in [2.24, 2.45) is 0 Å². The van der Waals surface area contributed by atoms with E-state index in [2.05, 4.69) is 10.5 Å². The Morgan fingerprint density at radius 2 is 2.35 bits per heavy atom. The minimum absolute atomic E-state index is 0.00116. The van der Waals surface area contributed by atoms with Gasteiger partial charge in [0.1, 0.15) is 0 Å². The Balaban J connectivity index is 2.45. The van der Waals surface area contributed by atoms with Gasteiger partial charge in [-0.25, -0.2) is 0 Å². The van der Waals surface area contributed by atoms with Crippen molar-refractivity contribution in [2.75, 3.05) is 7.11 Å². The van der Waals surface area contributed by atoms with Crippen molar-refractivity contribution in [1.29, 1.82) is 0 Å². The lowest BCUT2D eigenvalue weighted by Gasteiger charge is -2.10. The highest BCUT2D eigenvalue weighted by Gasteiger charge is 2.16. The van der Waals surface area contributed by atoms with Crippen molar-refractivity contribution in [3.8, 4) is 5.88 Å². The fraction of sp³-hybridized carbons (Fsp3) is 0.500. The van der Waals surface area contributed by atoms with Crippen LogP contribution in [-0.2, 0) is 4.79 Å². The molecule has 0 saturated carbocycles. The second-order valence-corrected chi connectivity index (χ2v) is 3.54. The molecule has 0 saturated heterocycles. The molecule has 0 aromatic carbocycles. The van der Waals surface area contributed by atoms with E-state index in [1.807, 2.05) is 0 Å². The van der Waals surface area contributed by atoms with Gasteiger partial charge in [-0.1, -0.05) is 0 Å². The standard InChI is InChI=1S/C10H14N2O5/c1-6(3-4-9(13)14)11-10(15)7-5-8(16-2)12-17-7/h5-6H,3-4H2,1-2H3,(H,11,15)(H,13,14). The molecule has 94 valence electrons. The van der Waals surface area contributed by atoms with Crippen LogP contribution in [0.1, 0.15) is 30.3 Å². The van der Waals surface area contributed by atoms with Crippen LogP contribution in [0, 0.1) is 0 Å². The average molecular weight is 242 g/mol. The summed E-state index contributed by atoms with van der Waals surface area (Å²) in [6.07, 6.45) is 0.355. The summed E-state index contributed by atoms with van der Waals surface area (Å²) in [4.78, 5) is 21.9. The third kappa shape index (κ3) is 4.13. The largest absolute Gasteiger partial charge is 0.481 e. The fourth-order valence-corrected chi connectivity index (χ4v) is 1.17. The van der Waals surface area contributed by atoms with E-state index in [1.54, 1.807) is 6.92 Å². The first-order valence-corrected chi connectivity index (χ1v) is 5.06. The number of amides is 1. The van der Waals surface area contributed by atoms with E-state index in [4.69, 9.17) is 14.4 Å². The summed E-state index contributed by atoms with van der Waals surface area (Å²) in [7, 11) is 1.41. The first-order chi connectivity index (χ1) is 8.02. The second kappa shape index (κ2) is 5.88. The van der Waals surface area contributed by atoms with Gasteiger partial charge in [-0.2, -0.15) is 0 Å². The van der Waals surface area contributed by atoms with Gasteiger partial charge in [0.25, 0.3) is 11.8 Å². The zero-order valence-corrected chi connectivity index (χ0v) is 9.60. The van der Waals surface area contributed by atoms with Crippen LogP contribution < -0.4 is 10.1 Å². The first kappa shape index (κ1) is 13.0. The number of carboxylic acid groups (broad SMARTS) is 1. The van der Waals surface area contributed by atoms with Gasteiger partial charge in [-0.3, -0.25) is 9.59 Å². The van der Waals surface area contributed by atoms with E-state index in [1.165, 1.54) is 13.2 Å². The quantitative estimate of drug-likeness (QED) is 0.760. The molecule has 0 aliphatic rings. The van der Waals surface area contributed by atoms with Crippen LogP contribution in [0.2, 0.25) is 0 Å². The maximum atomic E-state index is 11.6. The number of ether oxygens (including phenoxy) is 1. The summed E-state index contributed by atoms with van der Waals surface area (Å²) in [5, 5.41) is 14.6. The number of carbonyl (C=O) groups excluding carboxylic acids is 1. The summed E-state index contributed by atoms with van der Waals surface area (Å²) in [6.45, 7) is 1.72. The van der Waals surface area contributed by atoms with Gasteiger partial charge in [0.2, 0.25) is 5.76 Å². The number of hydrogen-bond donors (Lipinski definition) is 2. The van der Waals surface area contributed by atoms with Crippen LogP contribution in [0.4, 0.5) is 0 Å². The highest BCUT2D eigenvalue weighted by molar-refractivity contribution is 5.91. The molecule has 0 fully saturated rings. The Labute approximate surface area is 97.7 Å². The minimum atomic E-state index is -0.896. The maximum Gasteiger partial charge on any atom is 0.303 e. The molecule has 1 unspecified atom stereocenters. The molecule has 2 N–H and O–H groups in total. The molecule has 1 aromatic rings. The van der Waals surface area contributed by atoms with Gasteiger partial charge >= 0.3 is 5.97 Å². The van der Waals surface area contributed by atoms with Crippen molar-refractivity contribution < 1.29 is 24.0 Å². The molecule has 17 heavy (non-hydrogen) atoms. The summed E-state index contributed by atoms with van der Waals surface area (Å²) in [5.74, 6) is -1.09. The second-order valence-electron chi connectivity index (χ2n) is 3.54. The molecule has 0 bridgehead atoms. The third-order valence-electron chi connectivity index (χ3n) is 2.09. The van der Waals surface area contributed by atoms with Gasteiger partial charge < -0.3 is 19.7 Å². The van der Waals surface area contributed by atoms with E-state index in [0.29, 0.717) is 6.42 Å². The zero-order chi connectivity index (χ0) is 12.8. The number of aromatic nitrogens is 1. The summed E-state index contributed by atoms with van der Waals surface area (Å²) in [6, 6.07) is 1.11. The van der Waals surface area contributed by atoms with Crippen LogP contribution >= 0.6 is 0 Å². The molecule has 7 heteroatoms. The van der Waals surface area contributed by atoms with E-state index in [9.17, 15) is 9.59 Å². The lowest BCUT2D eigenvalue weighted by Crippen LogP contribution is -2.32. The molecular formula is C10H14N2O5. The normalized spacial score (nSPS) is 11.9.